The second-order valence-electron chi connectivity index (χ2n) is 8.51. The smallest absolute Gasteiger partial charge is 0.194 e. The maximum atomic E-state index is 15.2. The van der Waals surface area contributed by atoms with E-state index in [1.807, 2.05) is 6.92 Å². The molecule has 34 heavy (non-hydrogen) atoms. The van der Waals surface area contributed by atoms with Gasteiger partial charge in [0.05, 0.1) is 5.56 Å². The molecule has 0 N–H and O–H groups in total. The van der Waals surface area contributed by atoms with Gasteiger partial charge in [-0.15, -0.1) is 0 Å². The van der Waals surface area contributed by atoms with Gasteiger partial charge in [-0.05, 0) is 78.0 Å². The molecule has 0 fully saturated rings. The molecule has 0 amide bonds. The molecular formula is C26H20F8. The molecule has 0 radical (unpaired) electrons. The van der Waals surface area contributed by atoms with Gasteiger partial charge in [0.1, 0.15) is 5.82 Å². The quantitative estimate of drug-likeness (QED) is 0.195. The average Bonchev–Trinajstić information content (AvgIpc) is 2.82. The second kappa shape index (κ2) is 9.39. The average molecular weight is 484 g/mol. The number of hydrogen-bond donors (Lipinski definition) is 0. The predicted octanol–water partition coefficient (Wildman–Crippen LogP) is 8.08. The lowest BCUT2D eigenvalue weighted by Gasteiger charge is -2.27. The number of hydrogen-bond acceptors (Lipinski definition) is 0. The summed E-state index contributed by atoms with van der Waals surface area (Å²) in [7, 11) is 0. The van der Waals surface area contributed by atoms with Crippen molar-refractivity contribution in [2.45, 2.75) is 51.4 Å². The van der Waals surface area contributed by atoms with Gasteiger partial charge in [-0.2, -0.15) is 0 Å². The first-order valence-corrected chi connectivity index (χ1v) is 11.0. The van der Waals surface area contributed by atoms with Crippen LogP contribution in [-0.4, -0.2) is 0 Å². The fraction of sp³-hybridized carbons (Fsp3) is 0.308. The minimum Gasteiger partial charge on any atom is -0.206 e. The minimum absolute atomic E-state index is 0.00429. The van der Waals surface area contributed by atoms with E-state index >= 15 is 4.39 Å². The van der Waals surface area contributed by atoms with Crippen LogP contribution < -0.4 is 0 Å². The highest BCUT2D eigenvalue weighted by atomic mass is 19.2. The Balaban J connectivity index is 1.74. The van der Waals surface area contributed by atoms with E-state index in [1.165, 1.54) is 12.1 Å². The van der Waals surface area contributed by atoms with E-state index in [1.54, 1.807) is 0 Å². The van der Waals surface area contributed by atoms with Crippen molar-refractivity contribution >= 4 is 0 Å². The molecule has 0 bridgehead atoms. The Bertz CT molecular complexity index is 1240. The number of fused-ring (bicyclic) bond motifs is 1. The Morgan fingerprint density at radius 3 is 2.06 bits per heavy atom. The highest BCUT2D eigenvalue weighted by Crippen LogP contribution is 2.41. The molecule has 180 valence electrons. The summed E-state index contributed by atoms with van der Waals surface area (Å²) in [6.45, 7) is 1.92. The summed E-state index contributed by atoms with van der Waals surface area (Å²) in [5.41, 5.74) is -2.03. The van der Waals surface area contributed by atoms with Crippen molar-refractivity contribution in [2.75, 3.05) is 0 Å². The fourth-order valence-corrected chi connectivity index (χ4v) is 4.59. The number of benzene rings is 3. The van der Waals surface area contributed by atoms with E-state index in [0.29, 0.717) is 25.0 Å². The molecule has 0 spiro atoms. The molecule has 4 rings (SSSR count). The molecule has 1 aliphatic rings. The minimum atomic E-state index is -1.82. The molecular weight excluding hydrogens is 464 g/mol. The lowest BCUT2D eigenvalue weighted by molar-refractivity contribution is 0.439. The number of halogens is 8. The van der Waals surface area contributed by atoms with Gasteiger partial charge in [-0.3, -0.25) is 0 Å². The summed E-state index contributed by atoms with van der Waals surface area (Å²) < 4.78 is 115. The van der Waals surface area contributed by atoms with E-state index < -0.39 is 63.6 Å². The van der Waals surface area contributed by atoms with Crippen LogP contribution in [0, 0.1) is 46.5 Å². The topological polar surface area (TPSA) is 0 Å². The highest BCUT2D eigenvalue weighted by Gasteiger charge is 2.33. The maximum Gasteiger partial charge on any atom is 0.194 e. The van der Waals surface area contributed by atoms with E-state index in [4.69, 9.17) is 0 Å². The first kappa shape index (κ1) is 24.2. The first-order chi connectivity index (χ1) is 16.1. The van der Waals surface area contributed by atoms with Gasteiger partial charge in [0.15, 0.2) is 40.7 Å². The molecule has 8 heteroatoms. The van der Waals surface area contributed by atoms with Crippen molar-refractivity contribution < 1.29 is 35.1 Å². The fourth-order valence-electron chi connectivity index (χ4n) is 4.59. The van der Waals surface area contributed by atoms with Crippen molar-refractivity contribution in [1.29, 1.82) is 0 Å². The Hall–Kier alpha value is -2.90. The van der Waals surface area contributed by atoms with Crippen LogP contribution in [0.5, 0.6) is 0 Å². The summed E-state index contributed by atoms with van der Waals surface area (Å²) in [5, 5.41) is 0. The Morgan fingerprint density at radius 1 is 0.735 bits per heavy atom. The van der Waals surface area contributed by atoms with Crippen LogP contribution in [0.3, 0.4) is 0 Å². The largest absolute Gasteiger partial charge is 0.206 e. The van der Waals surface area contributed by atoms with Crippen molar-refractivity contribution in [3.8, 4) is 11.1 Å². The maximum absolute atomic E-state index is 15.2. The lowest BCUT2D eigenvalue weighted by atomic mass is 9.78. The molecule has 1 unspecified atom stereocenters. The van der Waals surface area contributed by atoms with Gasteiger partial charge in [0, 0.05) is 0 Å². The summed E-state index contributed by atoms with van der Waals surface area (Å²) in [5.74, 6) is -12.3. The number of rotatable bonds is 5. The molecule has 0 nitrogen and oxygen atoms in total. The zero-order valence-electron chi connectivity index (χ0n) is 18.2. The van der Waals surface area contributed by atoms with Crippen molar-refractivity contribution in [2.24, 2.45) is 0 Å². The third-order valence-corrected chi connectivity index (χ3v) is 6.42. The van der Waals surface area contributed by atoms with Crippen LogP contribution in [0.2, 0.25) is 0 Å². The van der Waals surface area contributed by atoms with Gasteiger partial charge in [-0.1, -0.05) is 25.5 Å². The monoisotopic (exact) mass is 484 g/mol. The van der Waals surface area contributed by atoms with Gasteiger partial charge < -0.3 is 0 Å². The van der Waals surface area contributed by atoms with Crippen LogP contribution in [0.1, 0.15) is 54.4 Å². The molecule has 0 aliphatic heterocycles. The Labute approximate surface area is 191 Å². The molecule has 0 saturated carbocycles. The molecule has 3 aromatic carbocycles. The third-order valence-electron chi connectivity index (χ3n) is 6.42. The zero-order chi connectivity index (χ0) is 24.7. The molecule has 1 aliphatic carbocycles. The van der Waals surface area contributed by atoms with Gasteiger partial charge in [-0.25, -0.2) is 35.1 Å². The predicted molar refractivity (Wildman–Crippen MR) is 111 cm³/mol. The van der Waals surface area contributed by atoms with E-state index in [-0.39, 0.29) is 41.5 Å². The molecule has 0 heterocycles. The van der Waals surface area contributed by atoms with Crippen molar-refractivity contribution in [1.82, 2.24) is 0 Å². The summed E-state index contributed by atoms with van der Waals surface area (Å²) in [6.07, 6.45) is 1.54. The molecule has 3 aromatic rings. The molecule has 0 saturated heterocycles. The summed E-state index contributed by atoms with van der Waals surface area (Å²) in [4.78, 5) is 0. The van der Waals surface area contributed by atoms with E-state index in [9.17, 15) is 30.7 Å². The van der Waals surface area contributed by atoms with Crippen LogP contribution in [0.4, 0.5) is 35.1 Å². The number of aryl methyl sites for hydroxylation is 1. The van der Waals surface area contributed by atoms with Gasteiger partial charge in [0.25, 0.3) is 0 Å². The van der Waals surface area contributed by atoms with Crippen LogP contribution in [0.25, 0.3) is 11.1 Å². The van der Waals surface area contributed by atoms with Crippen molar-refractivity contribution in [3.05, 3.63) is 93.1 Å². The zero-order valence-corrected chi connectivity index (χ0v) is 18.2. The summed E-state index contributed by atoms with van der Waals surface area (Å²) in [6, 6.07) is 3.66. The van der Waals surface area contributed by atoms with Crippen LogP contribution in [-0.2, 0) is 19.3 Å². The van der Waals surface area contributed by atoms with Gasteiger partial charge in [0.2, 0.25) is 0 Å². The normalized spacial score (nSPS) is 15.5. The molecule has 0 aromatic heterocycles. The third kappa shape index (κ3) is 4.07. The Kier molecular flexibility index (Phi) is 6.69. The highest BCUT2D eigenvalue weighted by molar-refractivity contribution is 5.67. The first-order valence-electron chi connectivity index (χ1n) is 11.0. The summed E-state index contributed by atoms with van der Waals surface area (Å²) >= 11 is 0. The van der Waals surface area contributed by atoms with Gasteiger partial charge >= 0.3 is 0 Å². The van der Waals surface area contributed by atoms with E-state index in [2.05, 4.69) is 0 Å². The number of unbranched alkanes of at least 4 members (excludes halogenated alkanes) is 1. The van der Waals surface area contributed by atoms with Crippen molar-refractivity contribution in [3.63, 3.8) is 0 Å². The van der Waals surface area contributed by atoms with Crippen LogP contribution >= 0.6 is 0 Å². The van der Waals surface area contributed by atoms with E-state index in [0.717, 1.165) is 6.42 Å². The standard InChI is InChI=1S/C26H20F8/c1-2-3-4-12-5-7-15(23(31)21(12)29)13-6-8-16-17(9-13)24(32)26(34)20(22(16)30)14-10-18(27)25(33)19(28)11-14/h5,7,10-11,13H,2-4,6,8-9H2,1H3. The SMILES string of the molecule is CCCCc1ccc(C2CCc3c(F)c(-c4cc(F)c(F)c(F)c4)c(F)c(F)c3C2)c(F)c1F. The lowest BCUT2D eigenvalue weighted by Crippen LogP contribution is -2.19. The molecule has 1 atom stereocenters. The second-order valence-corrected chi connectivity index (χ2v) is 8.51. The van der Waals surface area contributed by atoms with Crippen LogP contribution in [0.15, 0.2) is 24.3 Å². The Morgan fingerprint density at radius 2 is 1.41 bits per heavy atom.